The first-order valence-corrected chi connectivity index (χ1v) is 10.1. The van der Waals surface area contributed by atoms with Crippen LogP contribution in [-0.4, -0.2) is 50.3 Å². The molecule has 2 aromatic carbocycles. The van der Waals surface area contributed by atoms with Crippen molar-refractivity contribution in [3.8, 4) is 5.75 Å². The number of anilines is 1. The Morgan fingerprint density at radius 1 is 1.14 bits per heavy atom. The summed E-state index contributed by atoms with van der Waals surface area (Å²) in [5.41, 5.74) is 1.75. The molecule has 2 amide bonds. The first-order chi connectivity index (χ1) is 14.1. The van der Waals surface area contributed by atoms with Gasteiger partial charge in [0.05, 0.1) is 18.6 Å². The molecule has 0 spiro atoms. The third-order valence-corrected chi connectivity index (χ3v) is 5.40. The van der Waals surface area contributed by atoms with E-state index in [-0.39, 0.29) is 30.7 Å². The van der Waals surface area contributed by atoms with Gasteiger partial charge >= 0.3 is 5.97 Å². The van der Waals surface area contributed by atoms with E-state index in [4.69, 9.17) is 9.47 Å². The number of hydrogen-bond donors (Lipinski definition) is 1. The fourth-order valence-electron chi connectivity index (χ4n) is 2.84. The molecule has 0 saturated heterocycles. The number of hydrogen-bond acceptors (Lipinski definition) is 6. The molecule has 0 saturated carbocycles. The van der Waals surface area contributed by atoms with Crippen LogP contribution >= 0.6 is 11.8 Å². The van der Waals surface area contributed by atoms with Crippen molar-refractivity contribution in [1.82, 2.24) is 5.32 Å². The summed E-state index contributed by atoms with van der Waals surface area (Å²) in [5.74, 6) is -0.110. The van der Waals surface area contributed by atoms with Crippen molar-refractivity contribution in [3.63, 3.8) is 0 Å². The van der Waals surface area contributed by atoms with Crippen LogP contribution in [0.4, 0.5) is 5.69 Å². The molecule has 1 heterocycles. The highest BCUT2D eigenvalue weighted by Crippen LogP contribution is 2.34. The van der Waals surface area contributed by atoms with E-state index in [9.17, 15) is 14.4 Å². The maximum atomic E-state index is 12.2. The van der Waals surface area contributed by atoms with Gasteiger partial charge in [0.25, 0.3) is 5.91 Å². The molecule has 2 aromatic rings. The van der Waals surface area contributed by atoms with E-state index in [1.54, 1.807) is 13.2 Å². The molecular weight excluding hydrogens is 392 g/mol. The Labute approximate surface area is 173 Å². The van der Waals surface area contributed by atoms with Crippen molar-refractivity contribution in [1.29, 1.82) is 0 Å². The van der Waals surface area contributed by atoms with Gasteiger partial charge in [-0.25, -0.2) is 0 Å². The molecule has 7 nitrogen and oxygen atoms in total. The summed E-state index contributed by atoms with van der Waals surface area (Å²) in [7, 11) is 1.61. The van der Waals surface area contributed by atoms with E-state index in [1.807, 2.05) is 42.5 Å². The third-order valence-electron chi connectivity index (χ3n) is 4.35. The highest BCUT2D eigenvalue weighted by molar-refractivity contribution is 8.00. The topological polar surface area (TPSA) is 84.9 Å². The minimum atomic E-state index is -0.620. The molecule has 0 aromatic heterocycles. The molecule has 0 bridgehead atoms. The van der Waals surface area contributed by atoms with Crippen LogP contribution in [0.3, 0.4) is 0 Å². The molecule has 1 N–H and O–H groups in total. The van der Waals surface area contributed by atoms with E-state index in [1.165, 1.54) is 16.7 Å². The number of rotatable bonds is 8. The highest BCUT2D eigenvalue weighted by Gasteiger charge is 2.26. The van der Waals surface area contributed by atoms with Crippen molar-refractivity contribution in [2.45, 2.75) is 11.3 Å². The van der Waals surface area contributed by atoms with Crippen LogP contribution in [0.5, 0.6) is 5.75 Å². The lowest BCUT2D eigenvalue weighted by Gasteiger charge is -2.27. The van der Waals surface area contributed by atoms with Crippen molar-refractivity contribution >= 4 is 35.2 Å². The van der Waals surface area contributed by atoms with Gasteiger partial charge in [-0.1, -0.05) is 24.3 Å². The zero-order valence-corrected chi connectivity index (χ0v) is 16.9. The standard InChI is InChI=1S/C21H22N2O5S/c1-27-16-8-6-15(7-9-16)10-11-22-19(24)13-28-21(26)12-23-17-4-2-3-5-18(17)29-14-20(23)25/h2-9H,10-14H2,1H3,(H,22,24). The van der Waals surface area contributed by atoms with Gasteiger partial charge in [0.1, 0.15) is 12.3 Å². The van der Waals surface area contributed by atoms with Gasteiger partial charge in [0.2, 0.25) is 5.91 Å². The summed E-state index contributed by atoms with van der Waals surface area (Å²) in [5, 5.41) is 2.71. The Kier molecular flexibility index (Phi) is 7.13. The zero-order chi connectivity index (χ0) is 20.6. The zero-order valence-electron chi connectivity index (χ0n) is 16.1. The number of nitrogens with zero attached hydrogens (tertiary/aromatic N) is 1. The van der Waals surface area contributed by atoms with E-state index in [0.717, 1.165) is 16.2 Å². The number of nitrogens with one attached hydrogen (secondary N) is 1. The number of benzene rings is 2. The first-order valence-electron chi connectivity index (χ1n) is 9.14. The van der Waals surface area contributed by atoms with E-state index in [2.05, 4.69) is 5.32 Å². The number of ether oxygens (including phenoxy) is 2. The second kappa shape index (κ2) is 9.97. The SMILES string of the molecule is COc1ccc(CCNC(=O)COC(=O)CN2C(=O)CSc3ccccc32)cc1. The number of para-hydroxylation sites is 1. The number of amides is 2. The molecule has 0 fully saturated rings. The maximum absolute atomic E-state index is 12.2. The first kappa shape index (κ1) is 20.7. The smallest absolute Gasteiger partial charge is 0.326 e. The van der Waals surface area contributed by atoms with Gasteiger partial charge in [0.15, 0.2) is 6.61 Å². The summed E-state index contributed by atoms with van der Waals surface area (Å²) < 4.78 is 10.1. The van der Waals surface area contributed by atoms with Gasteiger partial charge in [-0.2, -0.15) is 0 Å². The molecule has 0 atom stereocenters. The normalized spacial score (nSPS) is 12.9. The molecule has 152 valence electrons. The fraction of sp³-hybridized carbons (Fsp3) is 0.286. The molecule has 8 heteroatoms. The summed E-state index contributed by atoms with van der Waals surface area (Å²) in [4.78, 5) is 38.5. The molecule has 1 aliphatic heterocycles. The van der Waals surface area contributed by atoms with Crippen LogP contribution in [0, 0.1) is 0 Å². The minimum Gasteiger partial charge on any atom is -0.497 e. The predicted octanol–water partition coefficient (Wildman–Crippen LogP) is 2.04. The van der Waals surface area contributed by atoms with Crippen LogP contribution in [0.25, 0.3) is 0 Å². The predicted molar refractivity (Wildman–Crippen MR) is 110 cm³/mol. The number of esters is 1. The van der Waals surface area contributed by atoms with E-state index >= 15 is 0 Å². The van der Waals surface area contributed by atoms with Gasteiger partial charge in [-0.05, 0) is 36.2 Å². The second-order valence-corrected chi connectivity index (χ2v) is 7.36. The molecule has 1 aliphatic rings. The lowest BCUT2D eigenvalue weighted by molar-refractivity contribution is -0.147. The number of fused-ring (bicyclic) bond motifs is 1. The van der Waals surface area contributed by atoms with Crippen molar-refractivity contribution in [2.75, 3.05) is 37.5 Å². The quantitative estimate of drug-likeness (QED) is 0.666. The Bertz CT molecular complexity index is 885. The average Bonchev–Trinajstić information content (AvgIpc) is 2.75. The van der Waals surface area contributed by atoms with Crippen LogP contribution in [0.2, 0.25) is 0 Å². The maximum Gasteiger partial charge on any atom is 0.326 e. The van der Waals surface area contributed by atoms with Crippen LogP contribution in [0.15, 0.2) is 53.4 Å². The van der Waals surface area contributed by atoms with Crippen molar-refractivity contribution in [2.24, 2.45) is 0 Å². The molecule has 0 radical (unpaired) electrons. The van der Waals surface area contributed by atoms with Gasteiger partial charge < -0.3 is 14.8 Å². The summed E-state index contributed by atoms with van der Waals surface area (Å²) >= 11 is 1.44. The van der Waals surface area contributed by atoms with Crippen molar-refractivity contribution < 1.29 is 23.9 Å². The summed E-state index contributed by atoms with van der Waals surface area (Å²) in [6.45, 7) is -0.159. The summed E-state index contributed by atoms with van der Waals surface area (Å²) in [6, 6.07) is 15.0. The lowest BCUT2D eigenvalue weighted by Crippen LogP contribution is -2.40. The fourth-order valence-corrected chi connectivity index (χ4v) is 3.77. The largest absolute Gasteiger partial charge is 0.497 e. The minimum absolute atomic E-state index is 0.158. The lowest BCUT2D eigenvalue weighted by atomic mass is 10.1. The molecule has 0 unspecified atom stereocenters. The Morgan fingerprint density at radius 3 is 2.66 bits per heavy atom. The monoisotopic (exact) mass is 414 g/mol. The number of thioether (sulfide) groups is 1. The van der Waals surface area contributed by atoms with Gasteiger partial charge in [-0.15, -0.1) is 11.8 Å². The highest BCUT2D eigenvalue weighted by atomic mass is 32.2. The molecule has 29 heavy (non-hydrogen) atoms. The average molecular weight is 414 g/mol. The third kappa shape index (κ3) is 5.74. The Hall–Kier alpha value is -3.00. The summed E-state index contributed by atoms with van der Waals surface area (Å²) in [6.07, 6.45) is 0.653. The van der Waals surface area contributed by atoms with Gasteiger partial charge in [0, 0.05) is 11.4 Å². The number of methoxy groups -OCH3 is 1. The Morgan fingerprint density at radius 2 is 1.90 bits per heavy atom. The van der Waals surface area contributed by atoms with Crippen LogP contribution < -0.4 is 15.0 Å². The van der Waals surface area contributed by atoms with Crippen LogP contribution in [0.1, 0.15) is 5.56 Å². The Balaban J connectivity index is 1.41. The molecular formula is C21H22N2O5S. The number of carbonyl (C=O) groups excluding carboxylic acids is 3. The van der Waals surface area contributed by atoms with E-state index < -0.39 is 5.97 Å². The van der Waals surface area contributed by atoms with Gasteiger partial charge in [-0.3, -0.25) is 19.3 Å². The van der Waals surface area contributed by atoms with Crippen LogP contribution in [-0.2, 0) is 25.5 Å². The molecule has 0 aliphatic carbocycles. The molecule has 3 rings (SSSR count). The van der Waals surface area contributed by atoms with E-state index in [0.29, 0.717) is 18.7 Å². The van der Waals surface area contributed by atoms with Crippen molar-refractivity contribution in [3.05, 3.63) is 54.1 Å². The second-order valence-electron chi connectivity index (χ2n) is 6.34. The number of carbonyl (C=O) groups is 3.